The number of hydrogen-bond acceptors (Lipinski definition) is 3. The minimum atomic E-state index is -0.472. The number of halogens is 2. The van der Waals surface area contributed by atoms with Crippen molar-refractivity contribution in [2.45, 2.75) is 6.92 Å². The number of hydrogen-bond donors (Lipinski definition) is 0. The van der Waals surface area contributed by atoms with Crippen molar-refractivity contribution < 1.29 is 14.3 Å². The third kappa shape index (κ3) is 3.32. The van der Waals surface area contributed by atoms with Crippen LogP contribution in [0.1, 0.15) is 17.3 Å². The van der Waals surface area contributed by atoms with Crippen molar-refractivity contribution in [2.24, 2.45) is 0 Å². The van der Waals surface area contributed by atoms with E-state index in [0.29, 0.717) is 10.6 Å². The number of benzene rings is 1. The van der Waals surface area contributed by atoms with Gasteiger partial charge in [0.2, 0.25) is 0 Å². The van der Waals surface area contributed by atoms with Crippen LogP contribution in [0.2, 0.25) is 5.02 Å². The van der Waals surface area contributed by atoms with Crippen LogP contribution < -0.4 is 4.74 Å². The van der Waals surface area contributed by atoms with Gasteiger partial charge in [-0.15, -0.1) is 0 Å². The van der Waals surface area contributed by atoms with E-state index in [9.17, 15) is 9.59 Å². The van der Waals surface area contributed by atoms with Gasteiger partial charge in [0.1, 0.15) is 5.75 Å². The molecule has 0 aliphatic rings. The van der Waals surface area contributed by atoms with Crippen molar-refractivity contribution >= 4 is 39.3 Å². The first-order chi connectivity index (χ1) is 7.04. The molecule has 1 rings (SSSR count). The maximum Gasteiger partial charge on any atom is 0.308 e. The van der Waals surface area contributed by atoms with Crippen LogP contribution in [0, 0.1) is 0 Å². The van der Waals surface area contributed by atoms with Crippen molar-refractivity contribution in [1.29, 1.82) is 0 Å². The van der Waals surface area contributed by atoms with E-state index in [1.807, 2.05) is 0 Å². The summed E-state index contributed by atoms with van der Waals surface area (Å²) in [7, 11) is 0. The zero-order valence-corrected chi connectivity index (χ0v) is 10.3. The van der Waals surface area contributed by atoms with E-state index in [1.54, 1.807) is 6.07 Å². The number of ketones is 1. The fourth-order valence-electron chi connectivity index (χ4n) is 0.987. The molecule has 0 radical (unpaired) electrons. The topological polar surface area (TPSA) is 43.4 Å². The van der Waals surface area contributed by atoms with E-state index >= 15 is 0 Å². The zero-order valence-electron chi connectivity index (χ0n) is 7.92. The quantitative estimate of drug-likeness (QED) is 0.372. The number of carbonyl (C=O) groups excluding carboxylic acids is 2. The molecule has 5 heteroatoms. The predicted molar refractivity (Wildman–Crippen MR) is 60.9 cm³/mol. The van der Waals surface area contributed by atoms with Gasteiger partial charge in [-0.25, -0.2) is 0 Å². The van der Waals surface area contributed by atoms with Crippen LogP contribution in [-0.4, -0.2) is 17.1 Å². The molecular weight excluding hydrogens is 283 g/mol. The van der Waals surface area contributed by atoms with E-state index in [0.717, 1.165) is 0 Å². The first-order valence-electron chi connectivity index (χ1n) is 4.11. The van der Waals surface area contributed by atoms with E-state index in [2.05, 4.69) is 15.9 Å². The lowest BCUT2D eigenvalue weighted by Crippen LogP contribution is -2.04. The Balaban J connectivity index is 3.05. The summed E-state index contributed by atoms with van der Waals surface area (Å²) in [5.74, 6) is -0.364. The molecule has 0 saturated carbocycles. The van der Waals surface area contributed by atoms with E-state index in [4.69, 9.17) is 16.3 Å². The molecule has 80 valence electrons. The molecule has 0 spiro atoms. The molecule has 0 unspecified atom stereocenters. The first-order valence-corrected chi connectivity index (χ1v) is 5.61. The zero-order chi connectivity index (χ0) is 11.4. The average molecular weight is 292 g/mol. The van der Waals surface area contributed by atoms with Crippen LogP contribution in [-0.2, 0) is 4.79 Å². The van der Waals surface area contributed by atoms with Crippen LogP contribution in [0.4, 0.5) is 0 Å². The lowest BCUT2D eigenvalue weighted by molar-refractivity contribution is -0.131. The number of esters is 1. The Morgan fingerprint density at radius 3 is 2.67 bits per heavy atom. The van der Waals surface area contributed by atoms with Gasteiger partial charge in [-0.2, -0.15) is 0 Å². The number of alkyl halides is 1. The van der Waals surface area contributed by atoms with Gasteiger partial charge in [0.15, 0.2) is 5.78 Å². The number of ether oxygens (including phenoxy) is 1. The van der Waals surface area contributed by atoms with Crippen LogP contribution in [0.15, 0.2) is 18.2 Å². The molecule has 0 aliphatic heterocycles. The summed E-state index contributed by atoms with van der Waals surface area (Å²) in [5, 5.41) is 0.519. The smallest absolute Gasteiger partial charge is 0.308 e. The third-order valence-electron chi connectivity index (χ3n) is 1.63. The second-order valence-electron chi connectivity index (χ2n) is 2.80. The Labute approximate surface area is 100 Å². The predicted octanol–water partition coefficient (Wildman–Crippen LogP) is 2.84. The van der Waals surface area contributed by atoms with Gasteiger partial charge < -0.3 is 4.74 Å². The van der Waals surface area contributed by atoms with Crippen LogP contribution in [0.5, 0.6) is 5.75 Å². The Morgan fingerprint density at radius 1 is 1.47 bits per heavy atom. The van der Waals surface area contributed by atoms with Crippen molar-refractivity contribution in [3.05, 3.63) is 28.8 Å². The molecule has 1 aromatic rings. The van der Waals surface area contributed by atoms with Gasteiger partial charge in [-0.05, 0) is 18.2 Å². The van der Waals surface area contributed by atoms with Gasteiger partial charge in [0, 0.05) is 12.5 Å². The summed E-state index contributed by atoms with van der Waals surface area (Å²) in [6, 6.07) is 4.56. The Hall–Kier alpha value is -0.870. The molecule has 0 heterocycles. The summed E-state index contributed by atoms with van der Waals surface area (Å²) in [5.41, 5.74) is 0.451. The minimum Gasteiger partial charge on any atom is -0.425 e. The monoisotopic (exact) mass is 290 g/mol. The largest absolute Gasteiger partial charge is 0.425 e. The summed E-state index contributed by atoms with van der Waals surface area (Å²) >= 11 is 8.84. The molecule has 0 saturated heterocycles. The molecule has 3 nitrogen and oxygen atoms in total. The Kier molecular flexibility index (Phi) is 4.29. The lowest BCUT2D eigenvalue weighted by atomic mass is 10.1. The summed E-state index contributed by atoms with van der Waals surface area (Å²) in [4.78, 5) is 22.1. The highest BCUT2D eigenvalue weighted by Crippen LogP contribution is 2.26. The van der Waals surface area contributed by atoms with Gasteiger partial charge in [-0.1, -0.05) is 27.5 Å². The van der Waals surface area contributed by atoms with Crippen LogP contribution in [0.25, 0.3) is 0 Å². The second kappa shape index (κ2) is 5.28. The molecule has 1 aromatic carbocycles. The van der Waals surface area contributed by atoms with Crippen molar-refractivity contribution in [3.63, 3.8) is 0 Å². The fraction of sp³-hybridized carbons (Fsp3) is 0.200. The second-order valence-corrected chi connectivity index (χ2v) is 3.76. The molecule has 0 aliphatic carbocycles. The third-order valence-corrected chi connectivity index (χ3v) is 2.45. The highest BCUT2D eigenvalue weighted by atomic mass is 79.9. The van der Waals surface area contributed by atoms with Gasteiger partial charge in [0.05, 0.1) is 10.4 Å². The maximum atomic E-state index is 11.3. The summed E-state index contributed by atoms with van der Waals surface area (Å²) in [6.45, 7) is 1.27. The van der Waals surface area contributed by atoms with Crippen molar-refractivity contribution in [1.82, 2.24) is 0 Å². The number of rotatable bonds is 3. The lowest BCUT2D eigenvalue weighted by Gasteiger charge is -2.05. The summed E-state index contributed by atoms with van der Waals surface area (Å²) in [6.07, 6.45) is 0. The van der Waals surface area contributed by atoms with Gasteiger partial charge in [-0.3, -0.25) is 9.59 Å². The van der Waals surface area contributed by atoms with Gasteiger partial charge >= 0.3 is 5.97 Å². The average Bonchev–Trinajstić information content (AvgIpc) is 2.19. The normalized spacial score (nSPS) is 9.80. The first kappa shape index (κ1) is 12.2. The summed E-state index contributed by atoms with van der Waals surface area (Å²) < 4.78 is 4.84. The van der Waals surface area contributed by atoms with E-state index < -0.39 is 5.97 Å². The standard InChI is InChI=1S/C10H8BrClO3/c1-6(13)15-10-4-7(9(14)5-11)2-3-8(10)12/h2-4H,5H2,1H3. The van der Waals surface area contributed by atoms with E-state index in [-0.39, 0.29) is 16.9 Å². The van der Waals surface area contributed by atoms with Crippen LogP contribution in [0.3, 0.4) is 0 Å². The van der Waals surface area contributed by atoms with Crippen LogP contribution >= 0.6 is 27.5 Å². The highest BCUT2D eigenvalue weighted by Gasteiger charge is 2.09. The molecule has 0 N–H and O–H groups in total. The Morgan fingerprint density at radius 2 is 2.13 bits per heavy atom. The van der Waals surface area contributed by atoms with Crippen molar-refractivity contribution in [3.8, 4) is 5.75 Å². The molecule has 0 bridgehead atoms. The van der Waals surface area contributed by atoms with E-state index in [1.165, 1.54) is 19.1 Å². The molecule has 0 aromatic heterocycles. The Bertz CT molecular complexity index is 404. The fourth-order valence-corrected chi connectivity index (χ4v) is 1.47. The minimum absolute atomic E-state index is 0.0972. The number of carbonyl (C=O) groups is 2. The maximum absolute atomic E-state index is 11.3. The molecule has 15 heavy (non-hydrogen) atoms. The molecule has 0 amide bonds. The highest BCUT2D eigenvalue weighted by molar-refractivity contribution is 9.09. The molecule has 0 fully saturated rings. The van der Waals surface area contributed by atoms with Crippen molar-refractivity contribution in [2.75, 3.05) is 5.33 Å². The SMILES string of the molecule is CC(=O)Oc1cc(C(=O)CBr)ccc1Cl. The molecular formula is C10H8BrClO3. The van der Waals surface area contributed by atoms with Gasteiger partial charge in [0.25, 0.3) is 0 Å². The number of Topliss-reactive ketones (excluding diaryl/α,β-unsaturated/α-hetero) is 1. The molecule has 0 atom stereocenters.